The zero-order valence-corrected chi connectivity index (χ0v) is 12.1. The zero-order valence-electron chi connectivity index (χ0n) is 12.1. The van der Waals surface area contributed by atoms with Crippen molar-refractivity contribution in [2.45, 2.75) is 31.8 Å². The van der Waals surface area contributed by atoms with E-state index in [9.17, 15) is 4.79 Å². The third-order valence-corrected chi connectivity index (χ3v) is 4.17. The molecule has 0 saturated carbocycles. The van der Waals surface area contributed by atoms with Gasteiger partial charge in [-0.15, -0.1) is 0 Å². The maximum absolute atomic E-state index is 12.4. The Bertz CT molecular complexity index is 454. The molecule has 3 heterocycles. The van der Waals surface area contributed by atoms with Gasteiger partial charge in [-0.25, -0.2) is 9.97 Å². The van der Waals surface area contributed by atoms with Gasteiger partial charge >= 0.3 is 0 Å². The van der Waals surface area contributed by atoms with E-state index in [-0.39, 0.29) is 12.0 Å². The van der Waals surface area contributed by atoms with Gasteiger partial charge in [0.2, 0.25) is 11.8 Å². The maximum atomic E-state index is 12.4. The molecule has 2 fully saturated rings. The Kier molecular flexibility index (Phi) is 4.65. The van der Waals surface area contributed by atoms with Crippen LogP contribution in [0.5, 0.6) is 5.88 Å². The number of ether oxygens (including phenoxy) is 2. The molecular weight excluding hydrogens is 270 g/mol. The van der Waals surface area contributed by atoms with E-state index in [2.05, 4.69) is 9.97 Å². The average molecular weight is 291 g/mol. The third-order valence-electron chi connectivity index (χ3n) is 4.17. The van der Waals surface area contributed by atoms with E-state index in [0.717, 1.165) is 38.8 Å². The van der Waals surface area contributed by atoms with Crippen LogP contribution in [0.15, 0.2) is 18.6 Å². The molecule has 1 amide bonds. The van der Waals surface area contributed by atoms with Crippen LogP contribution < -0.4 is 4.74 Å². The lowest BCUT2D eigenvalue weighted by atomic mass is 9.97. The number of likely N-dealkylation sites (tertiary alicyclic amines) is 1. The Morgan fingerprint density at radius 2 is 2.00 bits per heavy atom. The standard InChI is InChI=1S/C15H21N3O3/c19-15(12-4-9-20-10-5-12)18-7-2-13(3-8-18)21-14-1-6-16-11-17-14/h1,6,11-13H,2-5,7-10H2. The molecule has 0 aliphatic carbocycles. The van der Waals surface area contributed by atoms with E-state index in [1.165, 1.54) is 6.33 Å². The van der Waals surface area contributed by atoms with Gasteiger partial charge in [0.05, 0.1) is 0 Å². The van der Waals surface area contributed by atoms with Gasteiger partial charge in [-0.1, -0.05) is 0 Å². The first-order chi connectivity index (χ1) is 10.3. The Hall–Kier alpha value is -1.69. The summed E-state index contributed by atoms with van der Waals surface area (Å²) in [7, 11) is 0. The summed E-state index contributed by atoms with van der Waals surface area (Å²) in [4.78, 5) is 22.4. The Morgan fingerprint density at radius 1 is 1.24 bits per heavy atom. The van der Waals surface area contributed by atoms with E-state index in [1.807, 2.05) is 4.90 Å². The Labute approximate surface area is 124 Å². The molecule has 0 bridgehead atoms. The van der Waals surface area contributed by atoms with Crippen LogP contribution in [0.4, 0.5) is 0 Å². The molecule has 6 heteroatoms. The lowest BCUT2D eigenvalue weighted by Crippen LogP contribution is -2.45. The highest BCUT2D eigenvalue weighted by atomic mass is 16.5. The molecule has 6 nitrogen and oxygen atoms in total. The van der Waals surface area contributed by atoms with Crippen molar-refractivity contribution >= 4 is 5.91 Å². The predicted octanol–water partition coefficient (Wildman–Crippen LogP) is 1.27. The normalized spacial score (nSPS) is 21.2. The summed E-state index contributed by atoms with van der Waals surface area (Å²) in [6.45, 7) is 2.96. The molecule has 0 unspecified atom stereocenters. The molecule has 0 radical (unpaired) electrons. The molecule has 0 N–H and O–H groups in total. The van der Waals surface area contributed by atoms with E-state index in [4.69, 9.17) is 9.47 Å². The molecule has 0 aromatic carbocycles. The first kappa shape index (κ1) is 14.3. The second kappa shape index (κ2) is 6.85. The minimum absolute atomic E-state index is 0.138. The topological polar surface area (TPSA) is 64.5 Å². The Balaban J connectivity index is 1.47. The second-order valence-electron chi connectivity index (χ2n) is 5.58. The van der Waals surface area contributed by atoms with Crippen molar-refractivity contribution in [1.29, 1.82) is 0 Å². The highest BCUT2D eigenvalue weighted by molar-refractivity contribution is 5.79. The number of piperidine rings is 1. The van der Waals surface area contributed by atoms with Gasteiger partial charge in [0.1, 0.15) is 12.4 Å². The highest BCUT2D eigenvalue weighted by Gasteiger charge is 2.30. The molecular formula is C15H21N3O3. The number of hydrogen-bond donors (Lipinski definition) is 0. The van der Waals surface area contributed by atoms with Gasteiger partial charge in [-0.3, -0.25) is 4.79 Å². The van der Waals surface area contributed by atoms with Crippen LogP contribution in [0.25, 0.3) is 0 Å². The average Bonchev–Trinajstić information content (AvgIpc) is 2.57. The molecule has 1 aromatic heterocycles. The van der Waals surface area contributed by atoms with Crippen LogP contribution in [-0.2, 0) is 9.53 Å². The number of carbonyl (C=O) groups excluding carboxylic acids is 1. The van der Waals surface area contributed by atoms with Crippen LogP contribution in [0.1, 0.15) is 25.7 Å². The first-order valence-electron chi connectivity index (χ1n) is 7.62. The first-order valence-corrected chi connectivity index (χ1v) is 7.62. The largest absolute Gasteiger partial charge is 0.474 e. The van der Waals surface area contributed by atoms with Gasteiger partial charge in [0.15, 0.2) is 0 Å². The minimum Gasteiger partial charge on any atom is -0.474 e. The third kappa shape index (κ3) is 3.69. The SMILES string of the molecule is O=C(C1CCOCC1)N1CCC(Oc2ccncn2)CC1. The van der Waals surface area contributed by atoms with Gasteiger partial charge in [0, 0.05) is 57.3 Å². The Morgan fingerprint density at radius 3 is 2.67 bits per heavy atom. The lowest BCUT2D eigenvalue weighted by molar-refractivity contribution is -0.140. The van der Waals surface area contributed by atoms with Gasteiger partial charge in [-0.05, 0) is 12.8 Å². The van der Waals surface area contributed by atoms with Crippen molar-refractivity contribution in [3.63, 3.8) is 0 Å². The smallest absolute Gasteiger partial charge is 0.225 e. The fourth-order valence-corrected chi connectivity index (χ4v) is 2.92. The number of aromatic nitrogens is 2. The maximum Gasteiger partial charge on any atom is 0.225 e. The number of hydrogen-bond acceptors (Lipinski definition) is 5. The molecule has 21 heavy (non-hydrogen) atoms. The van der Waals surface area contributed by atoms with Crippen molar-refractivity contribution in [2.75, 3.05) is 26.3 Å². The fourth-order valence-electron chi connectivity index (χ4n) is 2.92. The molecule has 1 aromatic rings. The molecule has 0 spiro atoms. The van der Waals surface area contributed by atoms with Gasteiger partial charge < -0.3 is 14.4 Å². The van der Waals surface area contributed by atoms with Gasteiger partial charge in [-0.2, -0.15) is 0 Å². The summed E-state index contributed by atoms with van der Waals surface area (Å²) in [6, 6.07) is 1.76. The van der Waals surface area contributed by atoms with Crippen LogP contribution in [0.3, 0.4) is 0 Å². The summed E-state index contributed by atoms with van der Waals surface area (Å²) in [5, 5.41) is 0. The monoisotopic (exact) mass is 291 g/mol. The van der Waals surface area contributed by atoms with Crippen molar-refractivity contribution < 1.29 is 14.3 Å². The van der Waals surface area contributed by atoms with Gasteiger partial charge in [0.25, 0.3) is 0 Å². The number of carbonyl (C=O) groups is 1. The van der Waals surface area contributed by atoms with Crippen molar-refractivity contribution in [3.8, 4) is 5.88 Å². The summed E-state index contributed by atoms with van der Waals surface area (Å²) < 4.78 is 11.1. The molecule has 114 valence electrons. The summed E-state index contributed by atoms with van der Waals surface area (Å²) in [6.07, 6.45) is 6.73. The quantitative estimate of drug-likeness (QED) is 0.839. The van der Waals surface area contributed by atoms with E-state index >= 15 is 0 Å². The summed E-state index contributed by atoms with van der Waals surface area (Å²) in [5.41, 5.74) is 0. The van der Waals surface area contributed by atoms with Crippen LogP contribution in [0.2, 0.25) is 0 Å². The highest BCUT2D eigenvalue weighted by Crippen LogP contribution is 2.22. The fraction of sp³-hybridized carbons (Fsp3) is 0.667. The summed E-state index contributed by atoms with van der Waals surface area (Å²) in [5.74, 6) is 1.05. The van der Waals surface area contributed by atoms with E-state index < -0.39 is 0 Å². The second-order valence-corrected chi connectivity index (χ2v) is 5.58. The molecule has 3 rings (SSSR count). The number of nitrogens with zero attached hydrogens (tertiary/aromatic N) is 3. The van der Waals surface area contributed by atoms with Crippen molar-refractivity contribution in [3.05, 3.63) is 18.6 Å². The van der Waals surface area contributed by atoms with Crippen LogP contribution in [-0.4, -0.2) is 53.2 Å². The van der Waals surface area contributed by atoms with E-state index in [1.54, 1.807) is 12.3 Å². The van der Waals surface area contributed by atoms with Crippen molar-refractivity contribution in [1.82, 2.24) is 14.9 Å². The molecule has 2 aliphatic heterocycles. The number of rotatable bonds is 3. The molecule has 2 saturated heterocycles. The number of amides is 1. The van der Waals surface area contributed by atoms with Crippen LogP contribution >= 0.6 is 0 Å². The minimum atomic E-state index is 0.138. The van der Waals surface area contributed by atoms with Crippen LogP contribution in [0, 0.1) is 5.92 Å². The zero-order chi connectivity index (χ0) is 14.5. The van der Waals surface area contributed by atoms with Crippen molar-refractivity contribution in [2.24, 2.45) is 5.92 Å². The predicted molar refractivity (Wildman–Crippen MR) is 75.8 cm³/mol. The molecule has 0 atom stereocenters. The molecule has 2 aliphatic rings. The van der Waals surface area contributed by atoms with E-state index in [0.29, 0.717) is 25.0 Å². The lowest BCUT2D eigenvalue weighted by Gasteiger charge is -2.35. The summed E-state index contributed by atoms with van der Waals surface area (Å²) >= 11 is 0.